The van der Waals surface area contributed by atoms with Crippen molar-refractivity contribution in [3.05, 3.63) is 71.0 Å². The van der Waals surface area contributed by atoms with E-state index in [1.165, 1.54) is 30.2 Å². The summed E-state index contributed by atoms with van der Waals surface area (Å²) in [5.74, 6) is -1.96. The lowest BCUT2D eigenvalue weighted by atomic mass is 9.95. The van der Waals surface area contributed by atoms with E-state index in [0.29, 0.717) is 36.4 Å². The van der Waals surface area contributed by atoms with E-state index >= 15 is 0 Å². The molecule has 0 saturated carbocycles. The molecule has 3 rings (SSSR count). The van der Waals surface area contributed by atoms with Crippen LogP contribution in [0.2, 0.25) is 0 Å². The molecule has 1 atom stereocenters. The fourth-order valence-electron chi connectivity index (χ4n) is 3.68. The lowest BCUT2D eigenvalue weighted by molar-refractivity contribution is -0.139. The first-order valence-electron chi connectivity index (χ1n) is 9.67. The van der Waals surface area contributed by atoms with Gasteiger partial charge >= 0.3 is 0 Å². The molecule has 1 aliphatic heterocycles. The maximum atomic E-state index is 14.0. The number of nitrogens with zero attached hydrogens (tertiary/aromatic N) is 2. The molecule has 2 aromatic carbocycles. The fraction of sp³-hybridized carbons (Fsp3) is 0.304. The molecule has 1 aliphatic rings. The highest BCUT2D eigenvalue weighted by Gasteiger charge is 2.46. The van der Waals surface area contributed by atoms with Crippen LogP contribution in [0.25, 0.3) is 5.76 Å². The lowest BCUT2D eigenvalue weighted by Crippen LogP contribution is -2.32. The minimum atomic E-state index is -0.882. The van der Waals surface area contributed by atoms with E-state index in [4.69, 9.17) is 4.74 Å². The second kappa shape index (κ2) is 9.09. The first-order valence-corrected chi connectivity index (χ1v) is 9.67. The minimum absolute atomic E-state index is 0.0695. The van der Waals surface area contributed by atoms with E-state index in [1.54, 1.807) is 30.3 Å². The Morgan fingerprint density at radius 2 is 1.90 bits per heavy atom. The summed E-state index contributed by atoms with van der Waals surface area (Å²) >= 11 is 0. The molecule has 1 saturated heterocycles. The molecule has 1 fully saturated rings. The van der Waals surface area contributed by atoms with Crippen molar-refractivity contribution in [3.8, 4) is 5.75 Å². The molecular weight excluding hydrogens is 387 g/mol. The molecule has 1 unspecified atom stereocenters. The number of carbonyl (C=O) groups is 2. The molecule has 0 bridgehead atoms. The Labute approximate surface area is 175 Å². The average Bonchev–Trinajstić information content (AvgIpc) is 2.98. The first kappa shape index (κ1) is 21.5. The predicted molar refractivity (Wildman–Crippen MR) is 112 cm³/mol. The quantitative estimate of drug-likeness (QED) is 0.430. The summed E-state index contributed by atoms with van der Waals surface area (Å²) in [6, 6.07) is 11.6. The zero-order valence-electron chi connectivity index (χ0n) is 17.3. The zero-order valence-corrected chi connectivity index (χ0v) is 17.3. The van der Waals surface area contributed by atoms with Crippen LogP contribution in [0.5, 0.6) is 5.75 Å². The number of hydrogen-bond acceptors (Lipinski definition) is 5. The number of carbonyl (C=O) groups excluding carboxylic acids is 2. The number of aliphatic hydroxyl groups excluding tert-OH is 1. The molecule has 7 heteroatoms. The van der Waals surface area contributed by atoms with Crippen molar-refractivity contribution in [1.82, 2.24) is 9.80 Å². The maximum Gasteiger partial charge on any atom is 0.295 e. The molecule has 1 amide bonds. The number of rotatable bonds is 7. The molecule has 0 aliphatic carbocycles. The van der Waals surface area contributed by atoms with Gasteiger partial charge in [-0.3, -0.25) is 9.59 Å². The smallest absolute Gasteiger partial charge is 0.295 e. The summed E-state index contributed by atoms with van der Waals surface area (Å²) in [6.45, 7) is 1.01. The predicted octanol–water partition coefficient (Wildman–Crippen LogP) is 3.21. The normalized spacial score (nSPS) is 18.3. The SMILES string of the molecule is COc1ccccc1/C(O)=C1\C(=O)C(=O)N(CCCN(C)C)C1c1cccc(F)c1. The summed E-state index contributed by atoms with van der Waals surface area (Å²) in [5.41, 5.74) is 0.656. The van der Waals surface area contributed by atoms with Crippen LogP contribution in [-0.2, 0) is 9.59 Å². The molecule has 1 heterocycles. The van der Waals surface area contributed by atoms with Crippen LogP contribution >= 0.6 is 0 Å². The summed E-state index contributed by atoms with van der Waals surface area (Å²) in [5, 5.41) is 11.1. The highest BCUT2D eigenvalue weighted by molar-refractivity contribution is 6.46. The van der Waals surface area contributed by atoms with E-state index in [1.807, 2.05) is 19.0 Å². The van der Waals surface area contributed by atoms with E-state index < -0.39 is 23.5 Å². The highest BCUT2D eigenvalue weighted by atomic mass is 19.1. The molecule has 30 heavy (non-hydrogen) atoms. The Kier molecular flexibility index (Phi) is 6.52. The van der Waals surface area contributed by atoms with Crippen molar-refractivity contribution in [2.24, 2.45) is 0 Å². The van der Waals surface area contributed by atoms with Crippen molar-refractivity contribution in [1.29, 1.82) is 0 Å². The number of ether oxygens (including phenoxy) is 1. The van der Waals surface area contributed by atoms with Crippen LogP contribution in [0.4, 0.5) is 4.39 Å². The average molecular weight is 412 g/mol. The molecule has 0 spiro atoms. The van der Waals surface area contributed by atoms with Crippen LogP contribution in [0.15, 0.2) is 54.1 Å². The Morgan fingerprint density at radius 3 is 2.57 bits per heavy atom. The third-order valence-electron chi connectivity index (χ3n) is 5.07. The van der Waals surface area contributed by atoms with Gasteiger partial charge in [0.2, 0.25) is 0 Å². The topological polar surface area (TPSA) is 70.1 Å². The summed E-state index contributed by atoms with van der Waals surface area (Å²) < 4.78 is 19.3. The van der Waals surface area contributed by atoms with E-state index in [-0.39, 0.29) is 11.3 Å². The van der Waals surface area contributed by atoms with Crippen LogP contribution in [0, 0.1) is 5.82 Å². The van der Waals surface area contributed by atoms with Crippen molar-refractivity contribution < 1.29 is 23.8 Å². The molecule has 0 aromatic heterocycles. The molecule has 1 N–H and O–H groups in total. The molecule has 0 radical (unpaired) electrons. The number of benzene rings is 2. The maximum absolute atomic E-state index is 14.0. The van der Waals surface area contributed by atoms with Gasteiger partial charge in [-0.1, -0.05) is 24.3 Å². The Balaban J connectivity index is 2.14. The number of halogens is 1. The second-order valence-electron chi connectivity index (χ2n) is 7.40. The van der Waals surface area contributed by atoms with E-state index in [2.05, 4.69) is 0 Å². The lowest BCUT2D eigenvalue weighted by Gasteiger charge is -2.26. The number of hydrogen-bond donors (Lipinski definition) is 1. The fourth-order valence-corrected chi connectivity index (χ4v) is 3.68. The standard InChI is InChI=1S/C23H25FN2O4/c1-25(2)12-7-13-26-20(15-8-6-9-16(24)14-15)19(22(28)23(26)29)21(27)17-10-4-5-11-18(17)30-3/h4-6,8-11,14,20,27H,7,12-13H2,1-3H3/b21-19+. The van der Waals surface area contributed by atoms with Gasteiger partial charge in [-0.2, -0.15) is 0 Å². The first-order chi connectivity index (χ1) is 14.3. The summed E-state index contributed by atoms with van der Waals surface area (Å²) in [7, 11) is 5.29. The van der Waals surface area contributed by atoms with Gasteiger partial charge < -0.3 is 19.6 Å². The Morgan fingerprint density at radius 1 is 1.17 bits per heavy atom. The number of amides is 1. The molecule has 2 aromatic rings. The van der Waals surface area contributed by atoms with E-state index in [9.17, 15) is 19.1 Å². The van der Waals surface area contributed by atoms with Crippen molar-refractivity contribution >= 4 is 17.4 Å². The highest BCUT2D eigenvalue weighted by Crippen LogP contribution is 2.41. The number of likely N-dealkylation sites (tertiary alicyclic amines) is 1. The van der Waals surface area contributed by atoms with Gasteiger partial charge in [-0.05, 0) is 56.9 Å². The Bertz CT molecular complexity index is 987. The van der Waals surface area contributed by atoms with Crippen LogP contribution < -0.4 is 4.74 Å². The summed E-state index contributed by atoms with van der Waals surface area (Å²) in [4.78, 5) is 29.2. The monoisotopic (exact) mass is 412 g/mol. The number of ketones is 1. The van der Waals surface area contributed by atoms with Gasteiger partial charge in [0.15, 0.2) is 0 Å². The number of aliphatic hydroxyl groups is 1. The van der Waals surface area contributed by atoms with Crippen LogP contribution in [-0.4, -0.2) is 60.9 Å². The van der Waals surface area contributed by atoms with Gasteiger partial charge in [-0.25, -0.2) is 4.39 Å². The van der Waals surface area contributed by atoms with Gasteiger partial charge in [0, 0.05) is 6.54 Å². The third-order valence-corrected chi connectivity index (χ3v) is 5.07. The van der Waals surface area contributed by atoms with Gasteiger partial charge in [0.1, 0.15) is 17.3 Å². The second-order valence-corrected chi connectivity index (χ2v) is 7.40. The van der Waals surface area contributed by atoms with Gasteiger partial charge in [0.05, 0.1) is 24.3 Å². The Hall–Kier alpha value is -3.19. The molecule has 158 valence electrons. The summed E-state index contributed by atoms with van der Waals surface area (Å²) in [6.07, 6.45) is 0.626. The minimum Gasteiger partial charge on any atom is -0.507 e. The largest absolute Gasteiger partial charge is 0.507 e. The molecule has 6 nitrogen and oxygen atoms in total. The van der Waals surface area contributed by atoms with Crippen LogP contribution in [0.1, 0.15) is 23.6 Å². The molecular formula is C23H25FN2O4. The van der Waals surface area contributed by atoms with Gasteiger partial charge in [0.25, 0.3) is 11.7 Å². The van der Waals surface area contributed by atoms with Gasteiger partial charge in [-0.15, -0.1) is 0 Å². The number of methoxy groups -OCH3 is 1. The van der Waals surface area contributed by atoms with Crippen LogP contribution in [0.3, 0.4) is 0 Å². The number of Topliss-reactive ketones (excluding diaryl/α,β-unsaturated/α-hetero) is 1. The van der Waals surface area contributed by atoms with Crippen molar-refractivity contribution in [2.45, 2.75) is 12.5 Å². The van der Waals surface area contributed by atoms with E-state index in [0.717, 1.165) is 0 Å². The third kappa shape index (κ3) is 4.21. The van der Waals surface area contributed by atoms with Crippen molar-refractivity contribution in [2.75, 3.05) is 34.3 Å². The number of para-hydroxylation sites is 1. The zero-order chi connectivity index (χ0) is 21.8. The van der Waals surface area contributed by atoms with Crippen molar-refractivity contribution in [3.63, 3.8) is 0 Å².